The lowest BCUT2D eigenvalue weighted by molar-refractivity contribution is -0.275. The number of rotatable bonds is 5. The summed E-state index contributed by atoms with van der Waals surface area (Å²) in [7, 11) is 0.981. The van der Waals surface area contributed by atoms with E-state index in [1.807, 2.05) is 0 Å². The number of hydrogen-bond donors (Lipinski definition) is 1. The predicted octanol–water partition coefficient (Wildman–Crippen LogP) is 3.38. The minimum atomic E-state index is -5.11. The van der Waals surface area contributed by atoms with Crippen LogP contribution in [0.5, 0.6) is 5.75 Å². The molecule has 12 heteroatoms. The van der Waals surface area contributed by atoms with E-state index in [2.05, 4.69) is 19.4 Å². The Hall–Kier alpha value is -3.54. The van der Waals surface area contributed by atoms with Gasteiger partial charge in [-0.2, -0.15) is 4.98 Å². The second-order valence-electron chi connectivity index (χ2n) is 6.25. The number of para-hydroxylation sites is 1. The molecule has 0 spiro atoms. The van der Waals surface area contributed by atoms with Crippen LogP contribution >= 0.6 is 0 Å². The Balaban J connectivity index is 1.75. The molecule has 0 bridgehead atoms. The molecule has 4 aromatic rings. The average Bonchev–Trinajstić information content (AvgIpc) is 3.10. The van der Waals surface area contributed by atoms with Crippen molar-refractivity contribution >= 4 is 40.2 Å². The van der Waals surface area contributed by atoms with Gasteiger partial charge in [-0.05, 0) is 36.4 Å². The van der Waals surface area contributed by atoms with Gasteiger partial charge in [0.05, 0.1) is 11.3 Å². The van der Waals surface area contributed by atoms with Crippen LogP contribution in [0.1, 0.15) is 0 Å². The standard InChI is InChI=1S/C19H11BF3N3O4S/c20-11-7-8-16(15(10-11)30-19(21,22)23)31(27,28)26-13-5-2-1-4-12(13)18-25-17-14(29-18)6-3-9-24-17/h1-10,26H. The molecule has 0 atom stereocenters. The first-order valence-corrected chi connectivity index (χ1v) is 10.1. The molecule has 0 aliphatic rings. The number of aromatic nitrogens is 2. The number of pyridine rings is 1. The predicted molar refractivity (Wildman–Crippen MR) is 107 cm³/mol. The Morgan fingerprint density at radius 3 is 2.58 bits per heavy atom. The summed E-state index contributed by atoms with van der Waals surface area (Å²) in [6.07, 6.45) is -3.59. The van der Waals surface area contributed by atoms with E-state index in [-0.39, 0.29) is 22.6 Å². The van der Waals surface area contributed by atoms with Gasteiger partial charge in [-0.25, -0.2) is 13.4 Å². The highest BCUT2D eigenvalue weighted by Gasteiger charge is 2.34. The molecule has 0 aliphatic carbocycles. The molecule has 0 saturated carbocycles. The van der Waals surface area contributed by atoms with Crippen LogP contribution in [0, 0.1) is 0 Å². The van der Waals surface area contributed by atoms with E-state index in [4.69, 9.17) is 12.3 Å². The van der Waals surface area contributed by atoms with E-state index in [0.29, 0.717) is 11.2 Å². The topological polar surface area (TPSA) is 94.3 Å². The number of halogens is 3. The minimum Gasteiger partial charge on any atom is -0.434 e. The summed E-state index contributed by atoms with van der Waals surface area (Å²) in [6, 6.07) is 12.3. The first-order valence-electron chi connectivity index (χ1n) is 8.61. The zero-order valence-corrected chi connectivity index (χ0v) is 16.2. The fourth-order valence-corrected chi connectivity index (χ4v) is 3.98. The average molecular weight is 445 g/mol. The van der Waals surface area contributed by atoms with Gasteiger partial charge in [-0.15, -0.1) is 13.2 Å². The third-order valence-corrected chi connectivity index (χ3v) is 5.45. The lowest BCUT2D eigenvalue weighted by atomic mass is 9.96. The Labute approximate surface area is 175 Å². The van der Waals surface area contributed by atoms with Crippen molar-refractivity contribution in [2.45, 2.75) is 11.3 Å². The summed E-state index contributed by atoms with van der Waals surface area (Å²) in [6.45, 7) is 0. The molecule has 0 aliphatic heterocycles. The molecule has 2 aromatic carbocycles. The smallest absolute Gasteiger partial charge is 0.434 e. The number of anilines is 1. The molecular weight excluding hydrogens is 434 g/mol. The number of nitrogens with zero attached hydrogens (tertiary/aromatic N) is 2. The van der Waals surface area contributed by atoms with Crippen molar-refractivity contribution in [3.05, 3.63) is 60.8 Å². The number of ether oxygens (including phenoxy) is 1. The van der Waals surface area contributed by atoms with E-state index in [1.165, 1.54) is 12.3 Å². The van der Waals surface area contributed by atoms with Gasteiger partial charge in [0, 0.05) is 6.20 Å². The second kappa shape index (κ2) is 7.62. The van der Waals surface area contributed by atoms with Crippen LogP contribution in [0.25, 0.3) is 22.7 Å². The highest BCUT2D eigenvalue weighted by atomic mass is 32.2. The molecule has 7 nitrogen and oxygen atoms in total. The summed E-state index contributed by atoms with van der Waals surface area (Å²) in [5.74, 6) is -0.875. The highest BCUT2D eigenvalue weighted by molar-refractivity contribution is 7.92. The fraction of sp³-hybridized carbons (Fsp3) is 0.0526. The highest BCUT2D eigenvalue weighted by Crippen LogP contribution is 2.33. The second-order valence-corrected chi connectivity index (χ2v) is 7.90. The number of fused-ring (bicyclic) bond motifs is 1. The number of benzene rings is 2. The van der Waals surface area contributed by atoms with Gasteiger partial charge < -0.3 is 9.15 Å². The van der Waals surface area contributed by atoms with Gasteiger partial charge in [0.2, 0.25) is 5.89 Å². The molecule has 2 radical (unpaired) electrons. The molecular formula is C19H11BF3N3O4S. The van der Waals surface area contributed by atoms with Gasteiger partial charge in [-0.3, -0.25) is 4.72 Å². The van der Waals surface area contributed by atoms with E-state index < -0.39 is 27.0 Å². The lowest BCUT2D eigenvalue weighted by Crippen LogP contribution is -2.22. The van der Waals surface area contributed by atoms with Crippen molar-refractivity contribution in [2.24, 2.45) is 0 Å². The van der Waals surface area contributed by atoms with Crippen LogP contribution in [0.3, 0.4) is 0 Å². The molecule has 1 N–H and O–H groups in total. The van der Waals surface area contributed by atoms with Crippen LogP contribution in [-0.4, -0.2) is 32.6 Å². The van der Waals surface area contributed by atoms with Crippen molar-refractivity contribution in [3.63, 3.8) is 0 Å². The molecule has 2 heterocycles. The zero-order valence-electron chi connectivity index (χ0n) is 15.4. The maximum atomic E-state index is 12.9. The molecule has 0 unspecified atom stereocenters. The van der Waals surface area contributed by atoms with Crippen LogP contribution in [-0.2, 0) is 10.0 Å². The fourth-order valence-electron chi connectivity index (χ4n) is 2.79. The van der Waals surface area contributed by atoms with E-state index in [1.54, 1.807) is 30.3 Å². The molecule has 4 rings (SSSR count). The summed E-state index contributed by atoms with van der Waals surface area (Å²) >= 11 is 0. The first-order chi connectivity index (χ1) is 14.6. The largest absolute Gasteiger partial charge is 0.573 e. The van der Waals surface area contributed by atoms with Crippen molar-refractivity contribution in [2.75, 3.05) is 4.72 Å². The van der Waals surface area contributed by atoms with E-state index in [0.717, 1.165) is 18.2 Å². The first kappa shape index (κ1) is 20.7. The van der Waals surface area contributed by atoms with Crippen LogP contribution in [0.4, 0.5) is 18.9 Å². The van der Waals surface area contributed by atoms with Crippen molar-refractivity contribution < 1.29 is 30.7 Å². The van der Waals surface area contributed by atoms with E-state index >= 15 is 0 Å². The van der Waals surface area contributed by atoms with Crippen molar-refractivity contribution in [1.29, 1.82) is 0 Å². The van der Waals surface area contributed by atoms with Gasteiger partial charge >= 0.3 is 6.36 Å². The maximum Gasteiger partial charge on any atom is 0.573 e. The zero-order chi connectivity index (χ0) is 22.2. The molecule has 0 amide bonds. The molecule has 2 aromatic heterocycles. The molecule has 31 heavy (non-hydrogen) atoms. The van der Waals surface area contributed by atoms with Gasteiger partial charge in [-0.1, -0.05) is 23.7 Å². The normalized spacial score (nSPS) is 12.1. The molecule has 0 fully saturated rings. The van der Waals surface area contributed by atoms with E-state index in [9.17, 15) is 21.6 Å². The van der Waals surface area contributed by atoms with Gasteiger partial charge in [0.25, 0.3) is 10.0 Å². The third kappa shape index (κ3) is 4.48. The maximum absolute atomic E-state index is 12.9. The van der Waals surface area contributed by atoms with Crippen LogP contribution in [0.15, 0.2) is 70.1 Å². The third-order valence-electron chi connectivity index (χ3n) is 4.05. The number of sulfonamides is 1. The quantitative estimate of drug-likeness (QED) is 0.474. The van der Waals surface area contributed by atoms with Crippen LogP contribution < -0.4 is 14.9 Å². The molecule has 0 saturated heterocycles. The van der Waals surface area contributed by atoms with Gasteiger partial charge in [0.1, 0.15) is 18.5 Å². The number of nitrogens with one attached hydrogen (secondary N) is 1. The Morgan fingerprint density at radius 1 is 1.06 bits per heavy atom. The Kier molecular flexibility index (Phi) is 5.09. The van der Waals surface area contributed by atoms with Crippen LogP contribution in [0.2, 0.25) is 0 Å². The summed E-state index contributed by atoms with van der Waals surface area (Å²) in [4.78, 5) is 7.53. The number of oxazole rings is 1. The molecule has 156 valence electrons. The number of hydrogen-bond acceptors (Lipinski definition) is 6. The Bertz CT molecular complexity index is 1340. The van der Waals surface area contributed by atoms with Gasteiger partial charge in [0.15, 0.2) is 11.2 Å². The summed E-state index contributed by atoms with van der Waals surface area (Å²) < 4.78 is 75.8. The van der Waals surface area contributed by atoms with Crippen molar-refractivity contribution in [3.8, 4) is 17.2 Å². The SMILES string of the molecule is [B]c1ccc(S(=O)(=O)Nc2ccccc2-c2nc3ncccc3o2)c(OC(F)(F)F)c1. The Morgan fingerprint density at radius 2 is 1.84 bits per heavy atom. The summed E-state index contributed by atoms with van der Waals surface area (Å²) in [5, 5.41) is 0. The van der Waals surface area contributed by atoms with Crippen molar-refractivity contribution in [1.82, 2.24) is 9.97 Å². The summed E-state index contributed by atoms with van der Waals surface area (Å²) in [5.41, 5.74) is 0.892. The lowest BCUT2D eigenvalue weighted by Gasteiger charge is -2.16. The number of alkyl halides is 3. The minimum absolute atomic E-state index is 0.0313. The monoisotopic (exact) mass is 445 g/mol.